The summed E-state index contributed by atoms with van der Waals surface area (Å²) < 4.78 is 6.75. The molecule has 1 amide bonds. The number of amides is 1. The molecule has 1 aliphatic heterocycles. The molecular formula is C23H25N5O4. The van der Waals surface area contributed by atoms with E-state index in [0.29, 0.717) is 29.4 Å². The molecule has 0 saturated carbocycles. The number of ether oxygens (including phenoxy) is 1. The fourth-order valence-electron chi connectivity index (χ4n) is 3.83. The number of carbonyl (C=O) groups excluding carboxylic acids is 1. The molecule has 4 rings (SSSR count). The van der Waals surface area contributed by atoms with Gasteiger partial charge >= 0.3 is 0 Å². The van der Waals surface area contributed by atoms with Crippen molar-refractivity contribution in [1.82, 2.24) is 20.0 Å². The molecule has 2 heterocycles. The molecule has 1 N–H and O–H groups in total. The highest BCUT2D eigenvalue weighted by atomic mass is 16.6. The standard InChI is InChI=1S/C23H25N5O4/c1-32-20-9-4-6-17(14-20)21-16-22(23(29)24-10-13-26-11-2-3-12-26)27(25-21)18-7-5-8-19(15-18)28(30)31/h4-9,14-16H,2-3,10-13H2,1H3,(H,24,29). The van der Waals surface area contributed by atoms with Gasteiger partial charge in [0, 0.05) is 30.8 Å². The van der Waals surface area contributed by atoms with Crippen LogP contribution in [0, 0.1) is 10.1 Å². The van der Waals surface area contributed by atoms with Crippen molar-refractivity contribution in [3.05, 3.63) is 70.4 Å². The maximum atomic E-state index is 13.1. The highest BCUT2D eigenvalue weighted by molar-refractivity contribution is 5.94. The summed E-state index contributed by atoms with van der Waals surface area (Å²) in [5.74, 6) is 0.390. The summed E-state index contributed by atoms with van der Waals surface area (Å²) in [6.07, 6.45) is 2.38. The predicted octanol–water partition coefficient (Wildman–Crippen LogP) is 3.28. The van der Waals surface area contributed by atoms with E-state index in [0.717, 1.165) is 25.2 Å². The molecule has 0 radical (unpaired) electrons. The van der Waals surface area contributed by atoms with Gasteiger partial charge in [-0.05, 0) is 50.2 Å². The van der Waals surface area contributed by atoms with Crippen LogP contribution in [-0.4, -0.2) is 58.8 Å². The van der Waals surface area contributed by atoms with Crippen molar-refractivity contribution in [3.8, 4) is 22.7 Å². The molecule has 1 aromatic heterocycles. The van der Waals surface area contributed by atoms with Crippen LogP contribution in [-0.2, 0) is 0 Å². The monoisotopic (exact) mass is 435 g/mol. The lowest BCUT2D eigenvalue weighted by molar-refractivity contribution is -0.384. The number of nitrogens with one attached hydrogen (secondary N) is 1. The first-order chi connectivity index (χ1) is 15.5. The lowest BCUT2D eigenvalue weighted by atomic mass is 10.1. The average molecular weight is 435 g/mol. The Morgan fingerprint density at radius 3 is 2.69 bits per heavy atom. The van der Waals surface area contributed by atoms with Gasteiger partial charge in [0.15, 0.2) is 0 Å². The lowest BCUT2D eigenvalue weighted by Gasteiger charge is -2.15. The minimum Gasteiger partial charge on any atom is -0.497 e. The minimum absolute atomic E-state index is 0.0682. The van der Waals surface area contributed by atoms with Gasteiger partial charge in [0.25, 0.3) is 11.6 Å². The normalized spacial score (nSPS) is 13.8. The Bertz CT molecular complexity index is 1120. The van der Waals surface area contributed by atoms with Gasteiger partial charge in [0.1, 0.15) is 11.4 Å². The summed E-state index contributed by atoms with van der Waals surface area (Å²) >= 11 is 0. The number of hydrogen-bond donors (Lipinski definition) is 1. The topological polar surface area (TPSA) is 103 Å². The first-order valence-corrected chi connectivity index (χ1v) is 10.5. The van der Waals surface area contributed by atoms with Gasteiger partial charge in [-0.1, -0.05) is 18.2 Å². The molecule has 0 aliphatic carbocycles. The van der Waals surface area contributed by atoms with Gasteiger partial charge in [-0.3, -0.25) is 14.9 Å². The molecule has 1 fully saturated rings. The van der Waals surface area contributed by atoms with E-state index in [1.807, 2.05) is 24.3 Å². The van der Waals surface area contributed by atoms with Crippen LogP contribution in [0.25, 0.3) is 16.9 Å². The fraction of sp³-hybridized carbons (Fsp3) is 0.304. The van der Waals surface area contributed by atoms with E-state index in [-0.39, 0.29) is 11.6 Å². The van der Waals surface area contributed by atoms with Crippen LogP contribution in [0.15, 0.2) is 54.6 Å². The van der Waals surface area contributed by atoms with E-state index in [9.17, 15) is 14.9 Å². The molecule has 32 heavy (non-hydrogen) atoms. The van der Waals surface area contributed by atoms with E-state index in [1.165, 1.54) is 29.7 Å². The molecule has 1 saturated heterocycles. The van der Waals surface area contributed by atoms with Crippen molar-refractivity contribution in [2.75, 3.05) is 33.3 Å². The summed E-state index contributed by atoms with van der Waals surface area (Å²) in [4.78, 5) is 26.1. The summed E-state index contributed by atoms with van der Waals surface area (Å²) in [6, 6.07) is 15.1. The van der Waals surface area contributed by atoms with Gasteiger partial charge in [0.2, 0.25) is 0 Å². The third-order valence-corrected chi connectivity index (χ3v) is 5.50. The lowest BCUT2D eigenvalue weighted by Crippen LogP contribution is -2.34. The van der Waals surface area contributed by atoms with E-state index in [4.69, 9.17) is 4.74 Å². The maximum absolute atomic E-state index is 13.1. The first kappa shape index (κ1) is 21.5. The highest BCUT2D eigenvalue weighted by Crippen LogP contribution is 2.26. The second kappa shape index (κ2) is 9.61. The van der Waals surface area contributed by atoms with E-state index in [1.54, 1.807) is 25.3 Å². The van der Waals surface area contributed by atoms with Crippen LogP contribution in [0.4, 0.5) is 5.69 Å². The van der Waals surface area contributed by atoms with E-state index >= 15 is 0 Å². The molecule has 166 valence electrons. The molecule has 3 aromatic rings. The largest absolute Gasteiger partial charge is 0.497 e. The van der Waals surface area contributed by atoms with Crippen molar-refractivity contribution < 1.29 is 14.5 Å². The summed E-state index contributed by atoms with van der Waals surface area (Å²) in [5, 5.41) is 18.8. The zero-order chi connectivity index (χ0) is 22.5. The van der Waals surface area contributed by atoms with Gasteiger partial charge < -0.3 is 15.0 Å². The number of hydrogen-bond acceptors (Lipinski definition) is 6. The summed E-state index contributed by atoms with van der Waals surface area (Å²) in [5.41, 5.74) is 2.03. The minimum atomic E-state index is -0.467. The van der Waals surface area contributed by atoms with Crippen molar-refractivity contribution in [2.45, 2.75) is 12.8 Å². The van der Waals surface area contributed by atoms with Crippen LogP contribution in [0.5, 0.6) is 5.75 Å². The maximum Gasteiger partial charge on any atom is 0.271 e. The van der Waals surface area contributed by atoms with Gasteiger partial charge in [-0.15, -0.1) is 0 Å². The predicted molar refractivity (Wildman–Crippen MR) is 120 cm³/mol. The number of non-ortho nitro benzene ring substituents is 1. The Balaban J connectivity index is 1.66. The molecule has 0 bridgehead atoms. The Labute approximate surface area is 185 Å². The molecule has 0 unspecified atom stereocenters. The average Bonchev–Trinajstić information content (AvgIpc) is 3.49. The van der Waals surface area contributed by atoms with Gasteiger partial charge in [0.05, 0.1) is 23.4 Å². The van der Waals surface area contributed by atoms with E-state index < -0.39 is 4.92 Å². The SMILES string of the molecule is COc1cccc(-c2cc(C(=O)NCCN3CCCC3)n(-c3cccc([N+](=O)[O-])c3)n2)c1. The highest BCUT2D eigenvalue weighted by Gasteiger charge is 2.20. The summed E-state index contributed by atoms with van der Waals surface area (Å²) in [7, 11) is 1.58. The quantitative estimate of drug-likeness (QED) is 0.430. The smallest absolute Gasteiger partial charge is 0.271 e. The van der Waals surface area contributed by atoms with Gasteiger partial charge in [-0.2, -0.15) is 5.10 Å². The van der Waals surface area contributed by atoms with Crippen LogP contribution in [0.1, 0.15) is 23.3 Å². The third-order valence-electron chi connectivity index (χ3n) is 5.50. The van der Waals surface area contributed by atoms with Crippen molar-refractivity contribution in [2.24, 2.45) is 0 Å². The number of nitrogens with zero attached hydrogens (tertiary/aromatic N) is 4. The molecular weight excluding hydrogens is 410 g/mol. The number of nitro groups is 1. The number of rotatable bonds is 8. The molecule has 9 heteroatoms. The summed E-state index contributed by atoms with van der Waals surface area (Å²) in [6.45, 7) is 3.43. The Kier molecular flexibility index (Phi) is 6.46. The Morgan fingerprint density at radius 2 is 1.94 bits per heavy atom. The van der Waals surface area contributed by atoms with Crippen molar-refractivity contribution in [1.29, 1.82) is 0 Å². The number of methoxy groups -OCH3 is 1. The fourth-order valence-corrected chi connectivity index (χ4v) is 3.83. The van der Waals surface area contributed by atoms with Crippen LogP contribution in [0.3, 0.4) is 0 Å². The van der Waals surface area contributed by atoms with Crippen LogP contribution in [0.2, 0.25) is 0 Å². The number of benzene rings is 2. The molecule has 0 spiro atoms. The second-order valence-corrected chi connectivity index (χ2v) is 7.64. The number of likely N-dealkylation sites (tertiary alicyclic amines) is 1. The van der Waals surface area contributed by atoms with E-state index in [2.05, 4.69) is 15.3 Å². The third kappa shape index (κ3) is 4.78. The zero-order valence-corrected chi connectivity index (χ0v) is 17.9. The molecule has 1 aliphatic rings. The zero-order valence-electron chi connectivity index (χ0n) is 17.9. The Morgan fingerprint density at radius 1 is 1.16 bits per heavy atom. The second-order valence-electron chi connectivity index (χ2n) is 7.64. The van der Waals surface area contributed by atoms with Crippen molar-refractivity contribution >= 4 is 11.6 Å². The van der Waals surface area contributed by atoms with Crippen LogP contribution < -0.4 is 10.1 Å². The molecule has 9 nitrogen and oxygen atoms in total. The first-order valence-electron chi connectivity index (χ1n) is 10.5. The molecule has 0 atom stereocenters. The molecule has 2 aromatic carbocycles. The van der Waals surface area contributed by atoms with Crippen molar-refractivity contribution in [3.63, 3.8) is 0 Å². The number of carbonyl (C=O) groups is 1. The number of aromatic nitrogens is 2. The van der Waals surface area contributed by atoms with Crippen LogP contribution >= 0.6 is 0 Å². The van der Waals surface area contributed by atoms with Gasteiger partial charge in [-0.25, -0.2) is 4.68 Å². The Hall–Kier alpha value is -3.72. The number of nitro benzene ring substituents is 1.